The molecule has 1 N–H and O–H groups in total. The van der Waals surface area contributed by atoms with Crippen LogP contribution in [0.3, 0.4) is 0 Å². The molecule has 0 heterocycles. The van der Waals surface area contributed by atoms with Crippen molar-refractivity contribution in [2.45, 2.75) is 32.1 Å². The number of hydrogen-bond acceptors (Lipinski definition) is 2. The Bertz CT molecular complexity index is 87.6. The first-order valence-corrected chi connectivity index (χ1v) is 4.62. The van der Waals surface area contributed by atoms with Crippen LogP contribution in [0.2, 0.25) is 0 Å². The van der Waals surface area contributed by atoms with Crippen LogP contribution in [0.25, 0.3) is 0 Å². The van der Waals surface area contributed by atoms with Crippen LogP contribution in [0.1, 0.15) is 32.1 Å². The topological polar surface area (TPSA) is 29.5 Å². The van der Waals surface area contributed by atoms with Gasteiger partial charge >= 0.3 is 0 Å². The molecule has 0 atom stereocenters. The highest BCUT2D eigenvalue weighted by Gasteiger charge is 2.14. The number of hydrogen-bond donors (Lipinski definition) is 1. The molecule has 1 aliphatic carbocycles. The molecule has 0 aliphatic heterocycles. The number of aliphatic hydroxyl groups is 1. The molecular weight excluding hydrogens is 140 g/mol. The molecule has 0 saturated heterocycles. The smallest absolute Gasteiger partial charge is 0.0494 e. The lowest BCUT2D eigenvalue weighted by Crippen LogP contribution is -2.07. The third kappa shape index (κ3) is 3.73. The van der Waals surface area contributed by atoms with Crippen molar-refractivity contribution in [1.29, 1.82) is 0 Å². The fourth-order valence-corrected chi connectivity index (χ4v) is 1.59. The fourth-order valence-electron chi connectivity index (χ4n) is 1.59. The predicted octanol–water partition coefficient (Wildman–Crippen LogP) is 1.58. The summed E-state index contributed by atoms with van der Waals surface area (Å²) in [4.78, 5) is 0. The van der Waals surface area contributed by atoms with Crippen molar-refractivity contribution in [2.75, 3.05) is 19.8 Å². The zero-order chi connectivity index (χ0) is 7.94. The Morgan fingerprint density at radius 2 is 2.00 bits per heavy atom. The van der Waals surface area contributed by atoms with Gasteiger partial charge in [0.05, 0.1) is 0 Å². The van der Waals surface area contributed by atoms with Gasteiger partial charge < -0.3 is 9.84 Å². The lowest BCUT2D eigenvalue weighted by atomic mass is 10.1. The van der Waals surface area contributed by atoms with E-state index in [1.54, 1.807) is 0 Å². The Balaban J connectivity index is 1.86. The summed E-state index contributed by atoms with van der Waals surface area (Å²) >= 11 is 0. The van der Waals surface area contributed by atoms with Crippen LogP contribution in [0.15, 0.2) is 0 Å². The highest BCUT2D eigenvalue weighted by atomic mass is 16.5. The summed E-state index contributed by atoms with van der Waals surface area (Å²) in [5.74, 6) is 0.814. The second kappa shape index (κ2) is 5.56. The van der Waals surface area contributed by atoms with Gasteiger partial charge in [-0.1, -0.05) is 12.8 Å². The first kappa shape index (κ1) is 9.01. The molecular formula is C9H18O2. The van der Waals surface area contributed by atoms with Gasteiger partial charge in [-0.3, -0.25) is 0 Å². The molecule has 0 aromatic carbocycles. The Labute approximate surface area is 68.6 Å². The minimum Gasteiger partial charge on any atom is -0.396 e. The molecule has 2 heteroatoms. The third-order valence-corrected chi connectivity index (χ3v) is 2.28. The average Bonchev–Trinajstić information content (AvgIpc) is 2.50. The molecule has 1 saturated carbocycles. The molecule has 0 unspecified atom stereocenters. The van der Waals surface area contributed by atoms with E-state index in [4.69, 9.17) is 9.84 Å². The average molecular weight is 158 g/mol. The van der Waals surface area contributed by atoms with Gasteiger partial charge in [0.2, 0.25) is 0 Å². The van der Waals surface area contributed by atoms with E-state index in [1.807, 2.05) is 0 Å². The molecule has 1 rings (SSSR count). The molecule has 0 bridgehead atoms. The highest BCUT2D eigenvalue weighted by molar-refractivity contribution is 4.66. The van der Waals surface area contributed by atoms with E-state index < -0.39 is 0 Å². The monoisotopic (exact) mass is 158 g/mol. The maximum Gasteiger partial charge on any atom is 0.0494 e. The predicted molar refractivity (Wildman–Crippen MR) is 44.5 cm³/mol. The number of aliphatic hydroxyl groups excluding tert-OH is 1. The Kier molecular flexibility index (Phi) is 4.55. The quantitative estimate of drug-likeness (QED) is 0.615. The van der Waals surface area contributed by atoms with Gasteiger partial charge in [0, 0.05) is 19.8 Å². The molecule has 0 amide bonds. The van der Waals surface area contributed by atoms with Crippen molar-refractivity contribution >= 4 is 0 Å². The van der Waals surface area contributed by atoms with E-state index in [1.165, 1.54) is 25.7 Å². The van der Waals surface area contributed by atoms with E-state index >= 15 is 0 Å². The number of rotatable bonds is 5. The standard InChI is InChI=1S/C9H18O2/c10-6-3-7-11-8-9-4-1-2-5-9/h9-10H,1-8H2. The lowest BCUT2D eigenvalue weighted by molar-refractivity contribution is 0.0883. The van der Waals surface area contributed by atoms with E-state index in [0.29, 0.717) is 0 Å². The summed E-state index contributed by atoms with van der Waals surface area (Å²) in [6.07, 6.45) is 6.24. The highest BCUT2D eigenvalue weighted by Crippen LogP contribution is 2.24. The summed E-state index contributed by atoms with van der Waals surface area (Å²) in [6.45, 7) is 1.90. The largest absolute Gasteiger partial charge is 0.396 e. The summed E-state index contributed by atoms with van der Waals surface area (Å²) in [6, 6.07) is 0. The maximum atomic E-state index is 8.48. The minimum absolute atomic E-state index is 0.255. The van der Waals surface area contributed by atoms with Crippen LogP contribution in [0.4, 0.5) is 0 Å². The van der Waals surface area contributed by atoms with Crippen LogP contribution in [0.5, 0.6) is 0 Å². The van der Waals surface area contributed by atoms with Crippen molar-refractivity contribution < 1.29 is 9.84 Å². The van der Waals surface area contributed by atoms with Crippen LogP contribution >= 0.6 is 0 Å². The SMILES string of the molecule is OCCCOCC1CCCC1. The third-order valence-electron chi connectivity index (χ3n) is 2.28. The minimum atomic E-state index is 0.255. The van der Waals surface area contributed by atoms with Crippen molar-refractivity contribution in [1.82, 2.24) is 0 Å². The van der Waals surface area contributed by atoms with E-state index in [-0.39, 0.29) is 6.61 Å². The van der Waals surface area contributed by atoms with Gasteiger partial charge in [0.25, 0.3) is 0 Å². The van der Waals surface area contributed by atoms with Crippen molar-refractivity contribution in [3.8, 4) is 0 Å². The van der Waals surface area contributed by atoms with Crippen molar-refractivity contribution in [3.63, 3.8) is 0 Å². The van der Waals surface area contributed by atoms with E-state index in [0.717, 1.165) is 25.6 Å². The fraction of sp³-hybridized carbons (Fsp3) is 1.00. The summed E-state index contributed by atoms with van der Waals surface area (Å²) in [5.41, 5.74) is 0. The number of ether oxygens (including phenoxy) is 1. The summed E-state index contributed by atoms with van der Waals surface area (Å²) in [7, 11) is 0. The van der Waals surface area contributed by atoms with Gasteiger partial charge in [0.1, 0.15) is 0 Å². The first-order valence-electron chi connectivity index (χ1n) is 4.62. The van der Waals surface area contributed by atoms with Gasteiger partial charge in [-0.05, 0) is 25.2 Å². The second-order valence-electron chi connectivity index (χ2n) is 3.30. The van der Waals surface area contributed by atoms with E-state index in [2.05, 4.69) is 0 Å². The van der Waals surface area contributed by atoms with Crippen LogP contribution < -0.4 is 0 Å². The van der Waals surface area contributed by atoms with E-state index in [9.17, 15) is 0 Å². The molecule has 66 valence electrons. The zero-order valence-electron chi connectivity index (χ0n) is 7.09. The maximum absolute atomic E-state index is 8.48. The molecule has 2 nitrogen and oxygen atoms in total. The molecule has 1 fully saturated rings. The van der Waals surface area contributed by atoms with Crippen molar-refractivity contribution in [3.05, 3.63) is 0 Å². The zero-order valence-corrected chi connectivity index (χ0v) is 7.09. The molecule has 11 heavy (non-hydrogen) atoms. The molecule has 1 aliphatic rings. The van der Waals surface area contributed by atoms with Crippen LogP contribution in [-0.2, 0) is 4.74 Å². The van der Waals surface area contributed by atoms with Crippen molar-refractivity contribution in [2.24, 2.45) is 5.92 Å². The van der Waals surface area contributed by atoms with Gasteiger partial charge in [-0.15, -0.1) is 0 Å². The lowest BCUT2D eigenvalue weighted by Gasteiger charge is -2.08. The Morgan fingerprint density at radius 1 is 1.27 bits per heavy atom. The molecule has 0 aromatic rings. The molecule has 0 aromatic heterocycles. The summed E-state index contributed by atoms with van der Waals surface area (Å²) < 4.78 is 5.40. The Hall–Kier alpha value is -0.0800. The van der Waals surface area contributed by atoms with Gasteiger partial charge in [-0.2, -0.15) is 0 Å². The van der Waals surface area contributed by atoms with Gasteiger partial charge in [-0.25, -0.2) is 0 Å². The van der Waals surface area contributed by atoms with Crippen LogP contribution in [-0.4, -0.2) is 24.9 Å². The summed E-state index contributed by atoms with van der Waals surface area (Å²) in [5, 5.41) is 8.48. The van der Waals surface area contributed by atoms with Gasteiger partial charge in [0.15, 0.2) is 0 Å². The normalized spacial score (nSPS) is 19.4. The van der Waals surface area contributed by atoms with Crippen LogP contribution in [0, 0.1) is 5.92 Å². The Morgan fingerprint density at radius 3 is 2.64 bits per heavy atom. The molecule has 0 spiro atoms. The first-order chi connectivity index (χ1) is 5.43. The second-order valence-corrected chi connectivity index (χ2v) is 3.30. The molecule has 0 radical (unpaired) electrons.